The van der Waals surface area contributed by atoms with Crippen LogP contribution in [0.25, 0.3) is 0 Å². The Kier molecular flexibility index (Phi) is 8.29. The van der Waals surface area contributed by atoms with Gasteiger partial charge in [0.1, 0.15) is 0 Å². The molecule has 102 valence electrons. The molecule has 4 heteroatoms. The normalized spacial score (nSPS) is 12.8. The fourth-order valence-corrected chi connectivity index (χ4v) is 9.66. The van der Waals surface area contributed by atoms with Crippen molar-refractivity contribution in [1.29, 1.82) is 0 Å². The Labute approximate surface area is 110 Å². The van der Waals surface area contributed by atoms with Crippen LogP contribution < -0.4 is 0 Å². The van der Waals surface area contributed by atoms with Crippen molar-refractivity contribution in [3.63, 3.8) is 0 Å². The van der Waals surface area contributed by atoms with Gasteiger partial charge in [-0.25, -0.2) is 0 Å². The average molecular weight is 275 g/mol. The Morgan fingerprint density at radius 1 is 0.941 bits per heavy atom. The summed E-state index contributed by atoms with van der Waals surface area (Å²) in [6.45, 7) is 16.5. The molecule has 0 amide bonds. The van der Waals surface area contributed by atoms with E-state index < -0.39 is 16.6 Å². The summed E-state index contributed by atoms with van der Waals surface area (Å²) in [4.78, 5) is 0. The number of hydrogen-bond acceptors (Lipinski definition) is 2. The second-order valence-corrected chi connectivity index (χ2v) is 13.2. The van der Waals surface area contributed by atoms with Gasteiger partial charge in [0.2, 0.25) is 0 Å². The van der Waals surface area contributed by atoms with Gasteiger partial charge in [0.25, 0.3) is 0 Å². The van der Waals surface area contributed by atoms with Crippen molar-refractivity contribution in [2.24, 2.45) is 0 Å². The lowest BCUT2D eigenvalue weighted by Crippen LogP contribution is -2.42. The third kappa shape index (κ3) is 5.51. The molecule has 0 unspecified atom stereocenters. The summed E-state index contributed by atoms with van der Waals surface area (Å²) in [6, 6.07) is 4.96. The molecular weight excluding hydrogens is 244 g/mol. The molecule has 2 nitrogen and oxygen atoms in total. The highest BCUT2D eigenvalue weighted by molar-refractivity contribution is 6.85. The molecule has 0 aliphatic heterocycles. The minimum atomic E-state index is -1.92. The first kappa shape index (κ1) is 17.1. The molecule has 0 aromatic rings. The van der Waals surface area contributed by atoms with E-state index in [1.807, 2.05) is 0 Å². The first-order chi connectivity index (χ1) is 8.01. The molecule has 0 aromatic heterocycles. The zero-order valence-electron chi connectivity index (χ0n) is 12.3. The van der Waals surface area contributed by atoms with Crippen LogP contribution in [0.5, 0.6) is 0 Å². The van der Waals surface area contributed by atoms with Gasteiger partial charge >= 0.3 is 8.56 Å². The molecule has 0 saturated heterocycles. The summed E-state index contributed by atoms with van der Waals surface area (Å²) in [5.41, 5.74) is 2.26. The molecular formula is C13H30O2Si2. The highest BCUT2D eigenvalue weighted by Crippen LogP contribution is 2.28. The lowest BCUT2D eigenvalue weighted by atomic mass is 10.9. The molecule has 0 heterocycles. The fraction of sp³-hybridized carbons (Fsp3) is 0.846. The lowest BCUT2D eigenvalue weighted by molar-refractivity contribution is 0.190. The maximum absolute atomic E-state index is 5.90. The minimum Gasteiger partial charge on any atom is -0.395 e. The van der Waals surface area contributed by atoms with E-state index in [0.29, 0.717) is 0 Å². The third-order valence-corrected chi connectivity index (χ3v) is 12.2. The molecule has 0 bridgehead atoms. The van der Waals surface area contributed by atoms with E-state index in [0.717, 1.165) is 19.3 Å². The van der Waals surface area contributed by atoms with E-state index in [-0.39, 0.29) is 0 Å². The van der Waals surface area contributed by atoms with Crippen molar-refractivity contribution in [3.8, 4) is 0 Å². The monoisotopic (exact) mass is 274 g/mol. The summed E-state index contributed by atoms with van der Waals surface area (Å²) in [7, 11) is -3.17. The van der Waals surface area contributed by atoms with E-state index in [1.54, 1.807) is 0 Å². The van der Waals surface area contributed by atoms with E-state index in [4.69, 9.17) is 8.85 Å². The van der Waals surface area contributed by atoms with Crippen LogP contribution in [-0.2, 0) is 8.85 Å². The van der Waals surface area contributed by atoms with Crippen LogP contribution in [0.1, 0.15) is 27.7 Å². The van der Waals surface area contributed by atoms with Crippen LogP contribution in [0.4, 0.5) is 0 Å². The number of hydrogen-bond donors (Lipinski definition) is 0. The second-order valence-electron chi connectivity index (χ2n) is 4.77. The summed E-state index contributed by atoms with van der Waals surface area (Å²) in [6.07, 6.45) is 0. The van der Waals surface area contributed by atoms with E-state index in [9.17, 15) is 0 Å². The van der Waals surface area contributed by atoms with Gasteiger partial charge in [-0.05, 0) is 26.4 Å². The van der Waals surface area contributed by atoms with Crippen LogP contribution in [0.3, 0.4) is 0 Å². The Bertz CT molecular complexity index is 209. The zero-order chi connectivity index (χ0) is 13.4. The van der Waals surface area contributed by atoms with Crippen LogP contribution in [-0.4, -0.2) is 29.8 Å². The Hall–Kier alpha value is 0.0938. The van der Waals surface area contributed by atoms with Crippen LogP contribution in [0.15, 0.2) is 12.3 Å². The fourth-order valence-electron chi connectivity index (χ4n) is 2.27. The van der Waals surface area contributed by atoms with Gasteiger partial charge in [-0.3, -0.25) is 0 Å². The summed E-state index contributed by atoms with van der Waals surface area (Å²) < 4.78 is 11.8. The Morgan fingerprint density at radius 3 is 1.71 bits per heavy atom. The first-order valence-electron chi connectivity index (χ1n) is 6.93. The second kappa shape index (κ2) is 8.24. The van der Waals surface area contributed by atoms with Crippen molar-refractivity contribution in [2.45, 2.75) is 58.4 Å². The Balaban J connectivity index is 4.51. The molecule has 0 saturated carbocycles. The third-order valence-electron chi connectivity index (χ3n) is 3.82. The smallest absolute Gasteiger partial charge is 0.334 e. The molecule has 0 radical (unpaired) electrons. The van der Waals surface area contributed by atoms with E-state index >= 15 is 0 Å². The van der Waals surface area contributed by atoms with Gasteiger partial charge in [0, 0.05) is 13.2 Å². The number of rotatable bonds is 10. The average Bonchev–Trinajstić information content (AvgIpc) is 2.32. The zero-order valence-corrected chi connectivity index (χ0v) is 14.3. The molecule has 0 fully saturated rings. The predicted molar refractivity (Wildman–Crippen MR) is 81.4 cm³/mol. The van der Waals surface area contributed by atoms with Gasteiger partial charge < -0.3 is 8.85 Å². The standard InChI is InChI=1S/C13H30O2Si2/c1-7-14-16(6,15-8-2)12-13-17(9-3,10-4)11-5/h9H,3,7-8,10-13H2,1-2,4-6H3. The maximum Gasteiger partial charge on any atom is 0.334 e. The summed E-state index contributed by atoms with van der Waals surface area (Å²) in [5.74, 6) is 0. The van der Waals surface area contributed by atoms with Gasteiger partial charge in [-0.15, -0.1) is 12.3 Å². The van der Waals surface area contributed by atoms with E-state index in [1.165, 1.54) is 18.1 Å². The van der Waals surface area contributed by atoms with Gasteiger partial charge in [0.15, 0.2) is 0 Å². The van der Waals surface area contributed by atoms with Crippen molar-refractivity contribution in [1.82, 2.24) is 0 Å². The van der Waals surface area contributed by atoms with Crippen molar-refractivity contribution in [3.05, 3.63) is 12.3 Å². The lowest BCUT2D eigenvalue weighted by Gasteiger charge is -2.31. The summed E-state index contributed by atoms with van der Waals surface area (Å²) in [5, 5.41) is 0. The largest absolute Gasteiger partial charge is 0.395 e. The van der Waals surface area contributed by atoms with Crippen LogP contribution >= 0.6 is 0 Å². The molecule has 0 N–H and O–H groups in total. The SMILES string of the molecule is C=C[Si](CC)(CC)CC[Si](C)(OCC)OCC. The summed E-state index contributed by atoms with van der Waals surface area (Å²) >= 11 is 0. The molecule has 0 rings (SSSR count). The van der Waals surface area contributed by atoms with Gasteiger partial charge in [-0.2, -0.15) is 0 Å². The van der Waals surface area contributed by atoms with Crippen molar-refractivity contribution >= 4 is 16.6 Å². The molecule has 0 atom stereocenters. The molecule has 0 aromatic carbocycles. The predicted octanol–water partition coefficient (Wildman–Crippen LogP) is 4.35. The molecule has 0 aliphatic rings. The quantitative estimate of drug-likeness (QED) is 0.552. The molecule has 0 spiro atoms. The highest BCUT2D eigenvalue weighted by atomic mass is 28.4. The van der Waals surface area contributed by atoms with Crippen LogP contribution in [0.2, 0.25) is 30.7 Å². The van der Waals surface area contributed by atoms with Crippen molar-refractivity contribution < 1.29 is 8.85 Å². The maximum atomic E-state index is 5.90. The minimum absolute atomic E-state index is 0.767. The van der Waals surface area contributed by atoms with E-state index in [2.05, 4.69) is 46.5 Å². The van der Waals surface area contributed by atoms with Gasteiger partial charge in [-0.1, -0.05) is 32.0 Å². The van der Waals surface area contributed by atoms with Gasteiger partial charge in [0.05, 0.1) is 8.07 Å². The molecule has 17 heavy (non-hydrogen) atoms. The Morgan fingerprint density at radius 2 is 1.41 bits per heavy atom. The topological polar surface area (TPSA) is 18.5 Å². The van der Waals surface area contributed by atoms with Crippen molar-refractivity contribution in [2.75, 3.05) is 13.2 Å². The molecule has 0 aliphatic carbocycles. The highest BCUT2D eigenvalue weighted by Gasteiger charge is 2.35. The first-order valence-corrected chi connectivity index (χ1v) is 12.1. The van der Waals surface area contributed by atoms with Crippen LogP contribution in [0, 0.1) is 0 Å².